The Morgan fingerprint density at radius 1 is 1.36 bits per heavy atom. The third-order valence-corrected chi connectivity index (χ3v) is 4.35. The van der Waals surface area contributed by atoms with Gasteiger partial charge in [0.05, 0.1) is 5.69 Å². The molecule has 22 heavy (non-hydrogen) atoms. The van der Waals surface area contributed by atoms with Gasteiger partial charge in [0.1, 0.15) is 0 Å². The number of anilines is 1. The molecular formula is C11H10F3N5O2S. The van der Waals surface area contributed by atoms with E-state index in [4.69, 9.17) is 0 Å². The second-order valence-electron chi connectivity index (χ2n) is 4.76. The van der Waals surface area contributed by atoms with E-state index >= 15 is 0 Å². The molecule has 1 aliphatic rings. The van der Waals surface area contributed by atoms with Gasteiger partial charge in [-0.05, 0) is 0 Å². The first-order valence-corrected chi connectivity index (χ1v) is 7.02. The van der Waals surface area contributed by atoms with Crippen LogP contribution in [0.2, 0.25) is 0 Å². The summed E-state index contributed by atoms with van der Waals surface area (Å²) in [7, 11) is 1.53. The number of fused-ring (bicyclic) bond motifs is 1. The normalized spacial score (nSPS) is 15.0. The molecule has 2 aromatic heterocycles. The average Bonchev–Trinajstić information content (AvgIpc) is 2.99. The van der Waals surface area contributed by atoms with Crippen LogP contribution in [0.5, 0.6) is 0 Å². The Balaban J connectivity index is 1.91. The quantitative estimate of drug-likeness (QED) is 0.898. The third kappa shape index (κ3) is 2.40. The molecule has 11 heteroatoms. The van der Waals surface area contributed by atoms with E-state index in [1.807, 2.05) is 0 Å². The molecule has 3 heterocycles. The van der Waals surface area contributed by atoms with Gasteiger partial charge in [-0.1, -0.05) is 11.3 Å². The van der Waals surface area contributed by atoms with Crippen molar-refractivity contribution in [3.8, 4) is 0 Å². The monoisotopic (exact) mass is 333 g/mol. The first-order chi connectivity index (χ1) is 10.3. The van der Waals surface area contributed by atoms with Crippen molar-refractivity contribution in [1.29, 1.82) is 0 Å². The molecule has 1 aliphatic heterocycles. The lowest BCUT2D eigenvalue weighted by Crippen LogP contribution is -2.30. The molecule has 3 rings (SSSR count). The zero-order valence-corrected chi connectivity index (χ0v) is 12.1. The van der Waals surface area contributed by atoms with Crippen LogP contribution in [0, 0.1) is 0 Å². The molecule has 118 valence electrons. The summed E-state index contributed by atoms with van der Waals surface area (Å²) in [5.74, 6) is -1.12. The number of aromatic carboxylic acids is 1. The summed E-state index contributed by atoms with van der Waals surface area (Å²) in [6.07, 6.45) is -4.09. The molecule has 2 aromatic rings. The molecule has 0 unspecified atom stereocenters. The molecule has 0 saturated carbocycles. The maximum absolute atomic E-state index is 12.6. The Bertz CT molecular complexity index is 739. The van der Waals surface area contributed by atoms with Gasteiger partial charge in [-0.15, -0.1) is 10.2 Å². The average molecular weight is 333 g/mol. The van der Waals surface area contributed by atoms with Gasteiger partial charge in [0.15, 0.2) is 5.69 Å². The Morgan fingerprint density at radius 3 is 2.68 bits per heavy atom. The van der Waals surface area contributed by atoms with Gasteiger partial charge >= 0.3 is 12.1 Å². The Morgan fingerprint density at radius 2 is 2.09 bits per heavy atom. The minimum atomic E-state index is -4.53. The molecule has 0 aromatic carbocycles. The number of aromatic nitrogens is 4. The van der Waals surface area contributed by atoms with Crippen LogP contribution in [0.15, 0.2) is 0 Å². The van der Waals surface area contributed by atoms with Crippen molar-refractivity contribution in [1.82, 2.24) is 20.0 Å². The number of carbonyl (C=O) groups is 1. The van der Waals surface area contributed by atoms with Crippen molar-refractivity contribution in [2.75, 3.05) is 11.4 Å². The molecule has 0 fully saturated rings. The highest BCUT2D eigenvalue weighted by Crippen LogP contribution is 2.35. The summed E-state index contributed by atoms with van der Waals surface area (Å²) in [5.41, 5.74) is 1.20. The molecule has 7 nitrogen and oxygen atoms in total. The van der Waals surface area contributed by atoms with Crippen molar-refractivity contribution in [3.63, 3.8) is 0 Å². The van der Waals surface area contributed by atoms with Crippen LogP contribution >= 0.6 is 11.3 Å². The molecule has 0 radical (unpaired) electrons. The molecule has 1 N–H and O–H groups in total. The van der Waals surface area contributed by atoms with Crippen LogP contribution in [-0.2, 0) is 26.2 Å². The molecule has 0 aliphatic carbocycles. The fourth-order valence-corrected chi connectivity index (χ4v) is 3.13. The second-order valence-corrected chi connectivity index (χ2v) is 5.72. The van der Waals surface area contributed by atoms with Crippen molar-refractivity contribution in [3.05, 3.63) is 22.0 Å². The van der Waals surface area contributed by atoms with Gasteiger partial charge in [0, 0.05) is 32.1 Å². The van der Waals surface area contributed by atoms with Gasteiger partial charge in [0.2, 0.25) is 10.1 Å². The van der Waals surface area contributed by atoms with Crippen molar-refractivity contribution in [2.24, 2.45) is 7.05 Å². The zero-order chi connectivity index (χ0) is 16.1. The minimum absolute atomic E-state index is 0.0419. The number of carboxylic acid groups (broad SMARTS) is 1. The Hall–Kier alpha value is -2.17. The second kappa shape index (κ2) is 4.93. The van der Waals surface area contributed by atoms with E-state index in [9.17, 15) is 23.1 Å². The number of nitrogens with zero attached hydrogens (tertiary/aromatic N) is 5. The highest BCUT2D eigenvalue weighted by molar-refractivity contribution is 7.15. The Kier molecular flexibility index (Phi) is 3.31. The van der Waals surface area contributed by atoms with E-state index in [2.05, 4.69) is 15.3 Å². The smallest absolute Gasteiger partial charge is 0.445 e. The molecule has 0 spiro atoms. The van der Waals surface area contributed by atoms with Crippen molar-refractivity contribution < 1.29 is 23.1 Å². The molecular weight excluding hydrogens is 323 g/mol. The van der Waals surface area contributed by atoms with Crippen molar-refractivity contribution >= 4 is 22.4 Å². The first-order valence-electron chi connectivity index (χ1n) is 6.21. The van der Waals surface area contributed by atoms with Gasteiger partial charge in [0.25, 0.3) is 0 Å². The lowest BCUT2D eigenvalue weighted by atomic mass is 10.1. The standard InChI is InChI=1S/C11H10F3N5O2S/c1-18-7(8(20)21)5-4-19(3-2-6(5)17-18)10-16-15-9(22-10)11(12,13)14/h2-4H2,1H3,(H,20,21). The number of hydrogen-bond acceptors (Lipinski definition) is 6. The van der Waals surface area contributed by atoms with Crippen LogP contribution in [0.1, 0.15) is 26.8 Å². The number of hydrogen-bond donors (Lipinski definition) is 1. The molecule has 0 amide bonds. The SMILES string of the molecule is Cn1nc2c(c1C(=O)O)CN(c1nnc(C(F)(F)F)s1)CC2. The van der Waals surface area contributed by atoms with E-state index in [1.54, 1.807) is 4.90 Å². The number of alkyl halides is 3. The number of carboxylic acids is 1. The van der Waals surface area contributed by atoms with Crippen molar-refractivity contribution in [2.45, 2.75) is 19.1 Å². The zero-order valence-electron chi connectivity index (χ0n) is 11.3. The van der Waals surface area contributed by atoms with Crippen LogP contribution in [-0.4, -0.2) is 37.6 Å². The van der Waals surface area contributed by atoms with Crippen LogP contribution in [0.25, 0.3) is 0 Å². The van der Waals surface area contributed by atoms with E-state index in [0.29, 0.717) is 35.6 Å². The Labute approximate surface area is 126 Å². The molecule has 0 bridgehead atoms. The predicted molar refractivity (Wildman–Crippen MR) is 69.8 cm³/mol. The van der Waals surface area contributed by atoms with Crippen LogP contribution in [0.4, 0.5) is 18.3 Å². The maximum atomic E-state index is 12.6. The first kappa shape index (κ1) is 14.8. The minimum Gasteiger partial charge on any atom is -0.477 e. The molecule has 0 atom stereocenters. The van der Waals surface area contributed by atoms with Gasteiger partial charge < -0.3 is 10.0 Å². The van der Waals surface area contributed by atoms with Gasteiger partial charge in [-0.25, -0.2) is 4.79 Å². The fraction of sp³-hybridized carbons (Fsp3) is 0.455. The summed E-state index contributed by atoms with van der Waals surface area (Å²) in [6.45, 7) is 0.562. The number of aryl methyl sites for hydroxylation is 1. The summed E-state index contributed by atoms with van der Waals surface area (Å²) < 4.78 is 39.0. The lowest BCUT2D eigenvalue weighted by Gasteiger charge is -2.25. The fourth-order valence-electron chi connectivity index (χ4n) is 2.39. The highest BCUT2D eigenvalue weighted by Gasteiger charge is 2.37. The summed E-state index contributed by atoms with van der Waals surface area (Å²) in [6, 6.07) is 0. The number of halogens is 3. The van der Waals surface area contributed by atoms with Gasteiger partial charge in [-0.3, -0.25) is 4.68 Å². The summed E-state index contributed by atoms with van der Waals surface area (Å²) >= 11 is 0.446. The lowest BCUT2D eigenvalue weighted by molar-refractivity contribution is -0.138. The summed E-state index contributed by atoms with van der Waals surface area (Å²) in [4.78, 5) is 12.9. The van der Waals surface area contributed by atoms with Crippen LogP contribution in [0.3, 0.4) is 0 Å². The summed E-state index contributed by atoms with van der Waals surface area (Å²) in [5, 5.41) is 19.2. The van der Waals surface area contributed by atoms with Crippen LogP contribution < -0.4 is 4.90 Å². The third-order valence-electron chi connectivity index (χ3n) is 3.33. The van der Waals surface area contributed by atoms with E-state index in [1.165, 1.54) is 11.7 Å². The van der Waals surface area contributed by atoms with E-state index < -0.39 is 17.2 Å². The molecule has 0 saturated heterocycles. The van der Waals surface area contributed by atoms with E-state index in [0.717, 1.165) is 0 Å². The topological polar surface area (TPSA) is 84.1 Å². The van der Waals surface area contributed by atoms with Gasteiger partial charge in [-0.2, -0.15) is 18.3 Å². The maximum Gasteiger partial charge on any atom is 0.445 e. The van der Waals surface area contributed by atoms with E-state index in [-0.39, 0.29) is 17.4 Å². The predicted octanol–water partition coefficient (Wildman–Crippen LogP) is 1.55. The highest BCUT2D eigenvalue weighted by atomic mass is 32.1. The largest absolute Gasteiger partial charge is 0.477 e. The number of rotatable bonds is 2.